The van der Waals surface area contributed by atoms with Gasteiger partial charge in [-0.1, -0.05) is 17.7 Å². The van der Waals surface area contributed by atoms with E-state index < -0.39 is 16.0 Å². The number of aromatic carboxylic acids is 1. The lowest BCUT2D eigenvalue weighted by atomic mass is 10.0. The fraction of sp³-hybridized carbons (Fsp3) is 0.480. The van der Waals surface area contributed by atoms with Crippen LogP contribution in [0.5, 0.6) is 0 Å². The molecule has 0 atom stereocenters. The number of hydrogen-bond acceptors (Lipinski definition) is 6. The second-order valence-electron chi connectivity index (χ2n) is 8.70. The number of carbonyl (C=O) groups is 1. The molecule has 186 valence electrons. The minimum Gasteiger partial charge on any atom is -0.478 e. The van der Waals surface area contributed by atoms with Crippen molar-refractivity contribution < 1.29 is 23.1 Å². The van der Waals surface area contributed by atoms with Crippen molar-refractivity contribution in [2.45, 2.75) is 44.0 Å². The van der Waals surface area contributed by atoms with Crippen LogP contribution in [0.25, 0.3) is 0 Å². The van der Waals surface area contributed by atoms with Crippen molar-refractivity contribution in [3.8, 4) is 0 Å². The predicted molar refractivity (Wildman–Crippen MR) is 134 cm³/mol. The van der Waals surface area contributed by atoms with Crippen LogP contribution in [-0.2, 0) is 14.8 Å². The van der Waals surface area contributed by atoms with E-state index >= 15 is 0 Å². The Kier molecular flexibility index (Phi) is 8.93. The van der Waals surface area contributed by atoms with Crippen LogP contribution in [-0.4, -0.2) is 70.3 Å². The number of aryl methyl sites for hydroxylation is 1. The van der Waals surface area contributed by atoms with E-state index in [0.29, 0.717) is 11.7 Å². The molecule has 9 heteroatoms. The van der Waals surface area contributed by atoms with E-state index in [1.807, 2.05) is 13.8 Å². The number of carboxylic acid groups (broad SMARTS) is 1. The number of ether oxygens (including phenoxy) is 1. The lowest BCUT2D eigenvalue weighted by Crippen LogP contribution is -2.44. The standard InChI is InChI=1S/C25H35N3O5S/c1-4-33-17-5-14-27(3)21-12-15-28(16-13-21)24-11-8-20(25(29)30)18-23(24)26-34(31,32)22-9-6-19(2)7-10-22/h6-11,18,21,26H,4-5,12-17H2,1-3H3,(H,29,30). The van der Waals surface area contributed by atoms with Gasteiger partial charge in [0.2, 0.25) is 0 Å². The number of hydrogen-bond donors (Lipinski definition) is 2. The molecule has 34 heavy (non-hydrogen) atoms. The summed E-state index contributed by atoms with van der Waals surface area (Å²) in [5.74, 6) is -1.10. The SMILES string of the molecule is CCOCCCN(C)C1CCN(c2ccc(C(=O)O)cc2NS(=O)(=O)c2ccc(C)cc2)CC1. The van der Waals surface area contributed by atoms with Crippen molar-refractivity contribution >= 4 is 27.4 Å². The fourth-order valence-electron chi connectivity index (χ4n) is 4.24. The number of nitrogens with zero attached hydrogens (tertiary/aromatic N) is 2. The molecule has 1 fully saturated rings. The second-order valence-corrected chi connectivity index (χ2v) is 10.4. The summed E-state index contributed by atoms with van der Waals surface area (Å²) in [6.45, 7) is 7.87. The Balaban J connectivity index is 1.75. The van der Waals surface area contributed by atoms with Gasteiger partial charge in [-0.15, -0.1) is 0 Å². The van der Waals surface area contributed by atoms with Crippen LogP contribution in [0, 0.1) is 6.92 Å². The lowest BCUT2D eigenvalue weighted by Gasteiger charge is -2.38. The first-order valence-electron chi connectivity index (χ1n) is 11.7. The molecule has 2 aromatic carbocycles. The molecular formula is C25H35N3O5S. The Morgan fingerprint density at radius 3 is 2.47 bits per heavy atom. The van der Waals surface area contributed by atoms with Gasteiger partial charge >= 0.3 is 5.97 Å². The van der Waals surface area contributed by atoms with E-state index in [-0.39, 0.29) is 16.1 Å². The smallest absolute Gasteiger partial charge is 0.335 e. The van der Waals surface area contributed by atoms with Crippen LogP contribution in [0.15, 0.2) is 47.4 Å². The van der Waals surface area contributed by atoms with Gasteiger partial charge in [-0.2, -0.15) is 0 Å². The van der Waals surface area contributed by atoms with E-state index in [2.05, 4.69) is 21.6 Å². The molecular weight excluding hydrogens is 454 g/mol. The number of piperidine rings is 1. The molecule has 0 aliphatic carbocycles. The van der Waals surface area contributed by atoms with Crippen LogP contribution >= 0.6 is 0 Å². The third kappa shape index (κ3) is 6.71. The highest BCUT2D eigenvalue weighted by atomic mass is 32.2. The van der Waals surface area contributed by atoms with Gasteiger partial charge in [0, 0.05) is 38.9 Å². The summed E-state index contributed by atoms with van der Waals surface area (Å²) in [6, 6.07) is 11.6. The van der Waals surface area contributed by atoms with Gasteiger partial charge in [0.1, 0.15) is 0 Å². The third-order valence-corrected chi connectivity index (χ3v) is 7.63. The Labute approximate surface area is 202 Å². The quantitative estimate of drug-likeness (QED) is 0.463. The van der Waals surface area contributed by atoms with Crippen LogP contribution in [0.3, 0.4) is 0 Å². The summed E-state index contributed by atoms with van der Waals surface area (Å²) >= 11 is 0. The van der Waals surface area contributed by atoms with Crippen LogP contribution < -0.4 is 9.62 Å². The summed E-state index contributed by atoms with van der Waals surface area (Å²) in [7, 11) is -1.73. The van der Waals surface area contributed by atoms with E-state index in [9.17, 15) is 18.3 Å². The highest BCUT2D eigenvalue weighted by molar-refractivity contribution is 7.92. The average molecular weight is 490 g/mol. The van der Waals surface area contributed by atoms with Gasteiger partial charge in [-0.05, 0) is 70.5 Å². The molecule has 0 aromatic heterocycles. The molecule has 0 bridgehead atoms. The summed E-state index contributed by atoms with van der Waals surface area (Å²) in [4.78, 5) is 16.2. The van der Waals surface area contributed by atoms with Crippen molar-refractivity contribution in [2.24, 2.45) is 0 Å². The van der Waals surface area contributed by atoms with Gasteiger partial charge in [0.15, 0.2) is 0 Å². The van der Waals surface area contributed by atoms with Crippen LogP contribution in [0.1, 0.15) is 42.1 Å². The molecule has 2 aromatic rings. The zero-order chi connectivity index (χ0) is 24.7. The maximum Gasteiger partial charge on any atom is 0.335 e. The zero-order valence-electron chi connectivity index (χ0n) is 20.2. The summed E-state index contributed by atoms with van der Waals surface area (Å²) in [5.41, 5.74) is 1.97. The highest BCUT2D eigenvalue weighted by Gasteiger charge is 2.26. The predicted octanol–water partition coefficient (Wildman–Crippen LogP) is 3.82. The van der Waals surface area contributed by atoms with Crippen molar-refractivity contribution in [1.29, 1.82) is 0 Å². The number of carboxylic acids is 1. The molecule has 0 amide bonds. The summed E-state index contributed by atoms with van der Waals surface area (Å²) in [5, 5.41) is 9.45. The summed E-state index contributed by atoms with van der Waals surface area (Å²) in [6.07, 6.45) is 2.87. The van der Waals surface area contributed by atoms with Crippen molar-refractivity contribution in [3.63, 3.8) is 0 Å². The first kappa shape index (κ1) is 26.0. The van der Waals surface area contributed by atoms with Gasteiger partial charge in [-0.25, -0.2) is 13.2 Å². The summed E-state index contributed by atoms with van der Waals surface area (Å²) < 4.78 is 34.1. The largest absolute Gasteiger partial charge is 0.478 e. The van der Waals surface area contributed by atoms with E-state index in [1.165, 1.54) is 12.1 Å². The Bertz CT molecular complexity index is 1060. The highest BCUT2D eigenvalue weighted by Crippen LogP contribution is 2.32. The molecule has 1 saturated heterocycles. The number of anilines is 2. The Hall–Kier alpha value is -2.62. The van der Waals surface area contributed by atoms with Crippen molar-refractivity contribution in [1.82, 2.24) is 4.90 Å². The molecule has 2 N–H and O–H groups in total. The minimum atomic E-state index is -3.86. The lowest BCUT2D eigenvalue weighted by molar-refractivity contribution is 0.0697. The van der Waals surface area contributed by atoms with Crippen molar-refractivity contribution in [3.05, 3.63) is 53.6 Å². The fourth-order valence-corrected chi connectivity index (χ4v) is 5.30. The number of benzene rings is 2. The minimum absolute atomic E-state index is 0.0364. The normalized spacial score (nSPS) is 15.0. The molecule has 1 aliphatic rings. The van der Waals surface area contributed by atoms with E-state index in [0.717, 1.165) is 57.7 Å². The molecule has 1 heterocycles. The first-order valence-corrected chi connectivity index (χ1v) is 13.2. The van der Waals surface area contributed by atoms with Gasteiger partial charge < -0.3 is 19.6 Å². The van der Waals surface area contributed by atoms with Crippen LogP contribution in [0.4, 0.5) is 11.4 Å². The zero-order valence-corrected chi connectivity index (χ0v) is 21.0. The maximum atomic E-state index is 13.0. The average Bonchev–Trinajstić information content (AvgIpc) is 2.82. The Morgan fingerprint density at radius 2 is 1.85 bits per heavy atom. The molecule has 1 aliphatic heterocycles. The number of nitrogens with one attached hydrogen (secondary N) is 1. The molecule has 3 rings (SSSR count). The van der Waals surface area contributed by atoms with Gasteiger partial charge in [0.25, 0.3) is 10.0 Å². The number of sulfonamides is 1. The van der Waals surface area contributed by atoms with Gasteiger partial charge in [-0.3, -0.25) is 4.72 Å². The molecule has 8 nitrogen and oxygen atoms in total. The topological polar surface area (TPSA) is 99.2 Å². The van der Waals surface area contributed by atoms with E-state index in [4.69, 9.17) is 4.74 Å². The monoisotopic (exact) mass is 489 g/mol. The van der Waals surface area contributed by atoms with Crippen molar-refractivity contribution in [2.75, 3.05) is 49.5 Å². The van der Waals surface area contributed by atoms with Crippen LogP contribution in [0.2, 0.25) is 0 Å². The van der Waals surface area contributed by atoms with E-state index in [1.54, 1.807) is 30.3 Å². The second kappa shape index (κ2) is 11.7. The molecule has 0 spiro atoms. The molecule has 0 saturated carbocycles. The first-order chi connectivity index (χ1) is 16.2. The maximum absolute atomic E-state index is 13.0. The number of rotatable bonds is 11. The molecule has 0 unspecified atom stereocenters. The molecule has 0 radical (unpaired) electrons. The Morgan fingerprint density at radius 1 is 1.18 bits per heavy atom. The third-order valence-electron chi connectivity index (χ3n) is 6.25. The van der Waals surface area contributed by atoms with Gasteiger partial charge in [0.05, 0.1) is 21.8 Å².